The highest BCUT2D eigenvalue weighted by Gasteiger charge is 2.29. The lowest BCUT2D eigenvalue weighted by molar-refractivity contribution is -0.129. The predicted molar refractivity (Wildman–Crippen MR) is 70.3 cm³/mol. The highest BCUT2D eigenvalue weighted by atomic mass is 35.5. The molecular weight excluding hydrogens is 290 g/mol. The van der Waals surface area contributed by atoms with Crippen molar-refractivity contribution in [1.29, 1.82) is 0 Å². The van der Waals surface area contributed by atoms with E-state index in [0.717, 1.165) is 0 Å². The molecule has 19 heavy (non-hydrogen) atoms. The molecule has 0 bridgehead atoms. The number of hydrogen-bond acceptors (Lipinski definition) is 4. The molecule has 1 aromatic heterocycles. The summed E-state index contributed by atoms with van der Waals surface area (Å²) in [5.74, 6) is -0.0368. The molecule has 2 rings (SSSR count). The first-order chi connectivity index (χ1) is 8.91. The molecule has 0 atom stereocenters. The van der Waals surface area contributed by atoms with Gasteiger partial charge in [-0.1, -0.05) is 11.6 Å². The van der Waals surface area contributed by atoms with Gasteiger partial charge in [-0.2, -0.15) is 4.31 Å². The Labute approximate surface area is 117 Å². The zero-order chi connectivity index (χ0) is 14.0. The minimum absolute atomic E-state index is 0.0368. The lowest BCUT2D eigenvalue weighted by Gasteiger charge is -2.33. The van der Waals surface area contributed by atoms with Crippen molar-refractivity contribution in [2.24, 2.45) is 0 Å². The average molecular weight is 304 g/mol. The smallest absolute Gasteiger partial charge is 0.244 e. The largest absolute Gasteiger partial charge is 0.340 e. The van der Waals surface area contributed by atoms with E-state index in [4.69, 9.17) is 11.6 Å². The van der Waals surface area contributed by atoms with Crippen molar-refractivity contribution >= 4 is 27.5 Å². The first-order valence-electron chi connectivity index (χ1n) is 5.78. The second-order valence-electron chi connectivity index (χ2n) is 4.23. The van der Waals surface area contributed by atoms with Gasteiger partial charge >= 0.3 is 0 Å². The minimum atomic E-state index is -3.55. The lowest BCUT2D eigenvalue weighted by Crippen LogP contribution is -2.49. The first-order valence-corrected chi connectivity index (χ1v) is 7.60. The predicted octanol–water partition coefficient (Wildman–Crippen LogP) is 0.588. The van der Waals surface area contributed by atoms with Crippen molar-refractivity contribution in [1.82, 2.24) is 14.2 Å². The number of pyridine rings is 1. The number of nitrogens with zero attached hydrogens (tertiary/aromatic N) is 3. The number of piperazine rings is 1. The minimum Gasteiger partial charge on any atom is -0.340 e. The third-order valence-corrected chi connectivity index (χ3v) is 5.13. The van der Waals surface area contributed by atoms with Gasteiger partial charge in [0.05, 0.1) is 0 Å². The van der Waals surface area contributed by atoms with E-state index < -0.39 is 10.0 Å². The summed E-state index contributed by atoms with van der Waals surface area (Å²) < 4.78 is 26.0. The van der Waals surface area contributed by atoms with Gasteiger partial charge in [-0.3, -0.25) is 4.79 Å². The normalized spacial score (nSPS) is 17.5. The van der Waals surface area contributed by atoms with E-state index in [1.165, 1.54) is 29.6 Å². The van der Waals surface area contributed by atoms with Gasteiger partial charge in [0, 0.05) is 39.3 Å². The summed E-state index contributed by atoms with van der Waals surface area (Å²) >= 11 is 5.64. The second kappa shape index (κ2) is 5.44. The van der Waals surface area contributed by atoms with Crippen LogP contribution in [0, 0.1) is 0 Å². The van der Waals surface area contributed by atoms with Crippen LogP contribution in [0.2, 0.25) is 5.15 Å². The highest BCUT2D eigenvalue weighted by molar-refractivity contribution is 7.89. The summed E-state index contributed by atoms with van der Waals surface area (Å²) in [5, 5.41) is 0.250. The summed E-state index contributed by atoms with van der Waals surface area (Å²) in [6.07, 6.45) is 1.25. The first kappa shape index (κ1) is 14.2. The maximum atomic E-state index is 12.3. The molecule has 0 aromatic carbocycles. The van der Waals surface area contributed by atoms with Gasteiger partial charge in [0.1, 0.15) is 10.0 Å². The molecule has 0 aliphatic carbocycles. The number of amides is 1. The van der Waals surface area contributed by atoms with Crippen LogP contribution in [0.4, 0.5) is 0 Å². The fraction of sp³-hybridized carbons (Fsp3) is 0.455. The third kappa shape index (κ3) is 3.05. The van der Waals surface area contributed by atoms with Gasteiger partial charge in [0.25, 0.3) is 0 Å². The summed E-state index contributed by atoms with van der Waals surface area (Å²) in [6.45, 7) is 2.90. The van der Waals surface area contributed by atoms with Crippen molar-refractivity contribution in [2.75, 3.05) is 26.2 Å². The van der Waals surface area contributed by atoms with E-state index in [-0.39, 0.29) is 16.0 Å². The monoisotopic (exact) mass is 303 g/mol. The fourth-order valence-corrected chi connectivity index (χ4v) is 3.39. The Balaban J connectivity index is 2.14. The Hall–Kier alpha value is -1.18. The molecule has 0 radical (unpaired) electrons. The Morgan fingerprint density at radius 3 is 2.37 bits per heavy atom. The van der Waals surface area contributed by atoms with Crippen molar-refractivity contribution in [2.45, 2.75) is 11.8 Å². The number of halogens is 1. The quantitative estimate of drug-likeness (QED) is 0.750. The third-order valence-electron chi connectivity index (χ3n) is 3.02. The molecule has 0 unspecified atom stereocenters. The number of carbonyl (C=O) groups is 1. The summed E-state index contributed by atoms with van der Waals surface area (Å²) in [5.41, 5.74) is 0. The molecule has 0 spiro atoms. The molecule has 1 amide bonds. The van der Waals surface area contributed by atoms with Crippen LogP contribution in [0.5, 0.6) is 0 Å². The van der Waals surface area contributed by atoms with Crippen molar-refractivity contribution in [3.05, 3.63) is 23.5 Å². The molecule has 0 N–H and O–H groups in total. The fourth-order valence-electron chi connectivity index (χ4n) is 1.91. The van der Waals surface area contributed by atoms with Gasteiger partial charge in [-0.25, -0.2) is 13.4 Å². The zero-order valence-electron chi connectivity index (χ0n) is 10.4. The van der Waals surface area contributed by atoms with Crippen LogP contribution >= 0.6 is 11.6 Å². The van der Waals surface area contributed by atoms with E-state index in [1.54, 1.807) is 4.90 Å². The molecule has 1 fully saturated rings. The standard InChI is InChI=1S/C11H14ClN3O3S/c1-9(16)14-4-6-15(7-5-14)19(17,18)10-2-3-11(12)13-8-10/h2-3,8H,4-7H2,1H3. The zero-order valence-corrected chi connectivity index (χ0v) is 12.0. The van der Waals surface area contributed by atoms with Gasteiger partial charge < -0.3 is 4.90 Å². The van der Waals surface area contributed by atoms with Crippen LogP contribution in [0.3, 0.4) is 0 Å². The molecular formula is C11H14ClN3O3S. The van der Waals surface area contributed by atoms with E-state index in [2.05, 4.69) is 4.98 Å². The van der Waals surface area contributed by atoms with E-state index in [1.807, 2.05) is 0 Å². The van der Waals surface area contributed by atoms with Crippen LogP contribution in [0.25, 0.3) is 0 Å². The molecule has 1 saturated heterocycles. The van der Waals surface area contributed by atoms with Crippen molar-refractivity contribution in [3.63, 3.8) is 0 Å². The molecule has 104 valence electrons. The summed E-state index contributed by atoms with van der Waals surface area (Å²) in [4.78, 5) is 16.7. The van der Waals surface area contributed by atoms with Gasteiger partial charge in [0.2, 0.25) is 15.9 Å². The molecule has 1 aliphatic rings. The van der Waals surface area contributed by atoms with E-state index in [0.29, 0.717) is 26.2 Å². The molecule has 8 heteroatoms. The van der Waals surface area contributed by atoms with E-state index in [9.17, 15) is 13.2 Å². The van der Waals surface area contributed by atoms with Crippen LogP contribution in [0.15, 0.2) is 23.2 Å². The summed E-state index contributed by atoms with van der Waals surface area (Å²) in [7, 11) is -3.55. The number of rotatable bonds is 2. The number of hydrogen-bond donors (Lipinski definition) is 0. The average Bonchev–Trinajstić information content (AvgIpc) is 2.39. The number of aromatic nitrogens is 1. The van der Waals surface area contributed by atoms with Gasteiger partial charge in [-0.15, -0.1) is 0 Å². The topological polar surface area (TPSA) is 70.6 Å². The molecule has 2 heterocycles. The maximum absolute atomic E-state index is 12.3. The Morgan fingerprint density at radius 1 is 1.26 bits per heavy atom. The van der Waals surface area contributed by atoms with Crippen LogP contribution in [-0.4, -0.2) is 54.7 Å². The summed E-state index contributed by atoms with van der Waals surface area (Å²) in [6, 6.07) is 2.88. The van der Waals surface area contributed by atoms with Crippen molar-refractivity contribution < 1.29 is 13.2 Å². The molecule has 1 aromatic rings. The second-order valence-corrected chi connectivity index (χ2v) is 6.55. The maximum Gasteiger partial charge on any atom is 0.244 e. The highest BCUT2D eigenvalue weighted by Crippen LogP contribution is 2.18. The Kier molecular flexibility index (Phi) is 4.07. The van der Waals surface area contributed by atoms with Crippen LogP contribution in [-0.2, 0) is 14.8 Å². The Morgan fingerprint density at radius 2 is 1.89 bits per heavy atom. The van der Waals surface area contributed by atoms with Crippen LogP contribution in [0.1, 0.15) is 6.92 Å². The van der Waals surface area contributed by atoms with Crippen molar-refractivity contribution in [3.8, 4) is 0 Å². The molecule has 1 aliphatic heterocycles. The number of carbonyl (C=O) groups excluding carboxylic acids is 1. The van der Waals surface area contributed by atoms with Crippen LogP contribution < -0.4 is 0 Å². The molecule has 6 nitrogen and oxygen atoms in total. The Bertz CT molecular complexity index is 565. The van der Waals surface area contributed by atoms with E-state index >= 15 is 0 Å². The van der Waals surface area contributed by atoms with Gasteiger partial charge in [-0.05, 0) is 12.1 Å². The lowest BCUT2D eigenvalue weighted by atomic mass is 10.3. The molecule has 0 saturated carbocycles. The van der Waals surface area contributed by atoms with Gasteiger partial charge in [0.15, 0.2) is 0 Å². The number of sulfonamides is 1. The SMILES string of the molecule is CC(=O)N1CCN(S(=O)(=O)c2ccc(Cl)nc2)CC1.